The third-order valence-electron chi connectivity index (χ3n) is 3.33. The van der Waals surface area contributed by atoms with E-state index in [9.17, 15) is 9.59 Å². The number of nitrogens with one attached hydrogen (secondary N) is 1. The number of hydrogen-bond acceptors (Lipinski definition) is 2. The lowest BCUT2D eigenvalue weighted by atomic mass is 9.95. The molecule has 4 nitrogen and oxygen atoms in total. The maximum absolute atomic E-state index is 12.3. The molecule has 0 heterocycles. The second-order valence-corrected chi connectivity index (χ2v) is 4.74. The second kappa shape index (κ2) is 6.70. The number of carboxylic acids is 1. The molecule has 2 aromatic rings. The summed E-state index contributed by atoms with van der Waals surface area (Å²) in [5.74, 6) is -1.29. The molecule has 0 radical (unpaired) electrons. The molecular formula is C17H17NO3. The summed E-state index contributed by atoms with van der Waals surface area (Å²) in [6.07, 6.45) is 0.697. The Hall–Kier alpha value is -2.62. The smallest absolute Gasteiger partial charge is 0.335 e. The third-order valence-corrected chi connectivity index (χ3v) is 3.33. The van der Waals surface area contributed by atoms with Crippen molar-refractivity contribution in [1.29, 1.82) is 0 Å². The number of rotatable bonds is 5. The van der Waals surface area contributed by atoms with Crippen molar-refractivity contribution in [3.63, 3.8) is 0 Å². The van der Waals surface area contributed by atoms with E-state index in [1.54, 1.807) is 12.1 Å². The van der Waals surface area contributed by atoms with E-state index in [0.717, 1.165) is 5.56 Å². The summed E-state index contributed by atoms with van der Waals surface area (Å²) in [6.45, 7) is 1.96. The van der Waals surface area contributed by atoms with Crippen molar-refractivity contribution in [2.45, 2.75) is 19.3 Å². The number of hydrogen-bond donors (Lipinski definition) is 2. The molecular weight excluding hydrogens is 266 g/mol. The Morgan fingerprint density at radius 1 is 1.05 bits per heavy atom. The minimum atomic E-state index is -0.983. The number of carboxylic acid groups (broad SMARTS) is 1. The van der Waals surface area contributed by atoms with E-state index in [1.165, 1.54) is 12.1 Å². The summed E-state index contributed by atoms with van der Waals surface area (Å²) < 4.78 is 0. The first kappa shape index (κ1) is 14.8. The van der Waals surface area contributed by atoms with Gasteiger partial charge in [0.2, 0.25) is 5.91 Å². The molecule has 0 bridgehead atoms. The summed E-state index contributed by atoms with van der Waals surface area (Å²) >= 11 is 0. The van der Waals surface area contributed by atoms with Gasteiger partial charge in [-0.25, -0.2) is 4.79 Å². The Morgan fingerprint density at radius 3 is 2.19 bits per heavy atom. The first-order chi connectivity index (χ1) is 10.1. The zero-order valence-electron chi connectivity index (χ0n) is 11.7. The number of benzene rings is 2. The Bertz CT molecular complexity index is 620. The lowest BCUT2D eigenvalue weighted by Crippen LogP contribution is -2.20. The Morgan fingerprint density at radius 2 is 1.67 bits per heavy atom. The molecule has 0 aliphatic carbocycles. The quantitative estimate of drug-likeness (QED) is 0.882. The molecule has 2 aromatic carbocycles. The van der Waals surface area contributed by atoms with Crippen LogP contribution in [0.15, 0.2) is 54.6 Å². The van der Waals surface area contributed by atoms with Crippen molar-refractivity contribution < 1.29 is 14.7 Å². The topological polar surface area (TPSA) is 66.4 Å². The van der Waals surface area contributed by atoms with Gasteiger partial charge in [-0.3, -0.25) is 4.79 Å². The van der Waals surface area contributed by atoms with E-state index in [2.05, 4.69) is 5.32 Å². The van der Waals surface area contributed by atoms with Crippen LogP contribution in [0.3, 0.4) is 0 Å². The van der Waals surface area contributed by atoms with Gasteiger partial charge in [-0.2, -0.15) is 0 Å². The zero-order chi connectivity index (χ0) is 15.2. The minimum absolute atomic E-state index is 0.0909. The molecule has 2 rings (SSSR count). The highest BCUT2D eigenvalue weighted by Crippen LogP contribution is 2.21. The monoisotopic (exact) mass is 283 g/mol. The van der Waals surface area contributed by atoms with E-state index in [0.29, 0.717) is 12.1 Å². The van der Waals surface area contributed by atoms with Crippen LogP contribution in [0.5, 0.6) is 0 Å². The predicted molar refractivity (Wildman–Crippen MR) is 81.5 cm³/mol. The van der Waals surface area contributed by atoms with Crippen LogP contribution in [-0.4, -0.2) is 17.0 Å². The van der Waals surface area contributed by atoms with Gasteiger partial charge in [-0.1, -0.05) is 37.3 Å². The zero-order valence-corrected chi connectivity index (χ0v) is 11.7. The van der Waals surface area contributed by atoms with Crippen molar-refractivity contribution in [3.8, 4) is 0 Å². The normalized spacial score (nSPS) is 11.7. The SMILES string of the molecule is CC[C@@H](C(=O)Nc1ccc(C(=O)O)cc1)c1ccccc1. The summed E-state index contributed by atoms with van der Waals surface area (Å²) in [7, 11) is 0. The van der Waals surface area contributed by atoms with Crippen molar-refractivity contribution in [2.24, 2.45) is 0 Å². The largest absolute Gasteiger partial charge is 0.478 e. The van der Waals surface area contributed by atoms with Crippen LogP contribution in [0.1, 0.15) is 35.2 Å². The fourth-order valence-electron chi connectivity index (χ4n) is 2.18. The summed E-state index contributed by atoms with van der Waals surface area (Å²) in [6, 6.07) is 15.7. The molecule has 0 aliphatic heterocycles. The Balaban J connectivity index is 2.11. The molecule has 1 atom stereocenters. The van der Waals surface area contributed by atoms with Crippen LogP contribution < -0.4 is 5.32 Å². The molecule has 0 aliphatic rings. The molecule has 0 saturated carbocycles. The van der Waals surface area contributed by atoms with Gasteiger partial charge in [0.1, 0.15) is 0 Å². The van der Waals surface area contributed by atoms with Crippen molar-refractivity contribution >= 4 is 17.6 Å². The predicted octanol–water partition coefficient (Wildman–Crippen LogP) is 3.52. The van der Waals surface area contributed by atoms with Crippen LogP contribution in [0, 0.1) is 0 Å². The molecule has 0 unspecified atom stereocenters. The van der Waals surface area contributed by atoms with E-state index in [-0.39, 0.29) is 17.4 Å². The van der Waals surface area contributed by atoms with Gasteiger partial charge in [0.15, 0.2) is 0 Å². The van der Waals surface area contributed by atoms with E-state index in [1.807, 2.05) is 37.3 Å². The van der Waals surface area contributed by atoms with Crippen LogP contribution in [0.4, 0.5) is 5.69 Å². The standard InChI is InChI=1S/C17H17NO3/c1-2-15(12-6-4-3-5-7-12)16(19)18-14-10-8-13(9-11-14)17(20)21/h3-11,15H,2H2,1H3,(H,18,19)(H,20,21)/t15-/m1/s1. The summed E-state index contributed by atoms with van der Waals surface area (Å²) in [4.78, 5) is 23.1. The highest BCUT2D eigenvalue weighted by atomic mass is 16.4. The number of carbonyl (C=O) groups excluding carboxylic acids is 1. The van der Waals surface area contributed by atoms with Gasteiger partial charge in [0.25, 0.3) is 0 Å². The first-order valence-corrected chi connectivity index (χ1v) is 6.81. The number of aromatic carboxylic acids is 1. The highest BCUT2D eigenvalue weighted by Gasteiger charge is 2.18. The highest BCUT2D eigenvalue weighted by molar-refractivity contribution is 5.96. The van der Waals surface area contributed by atoms with Gasteiger partial charge in [0, 0.05) is 5.69 Å². The van der Waals surface area contributed by atoms with Gasteiger partial charge in [-0.15, -0.1) is 0 Å². The van der Waals surface area contributed by atoms with Crippen LogP contribution in [-0.2, 0) is 4.79 Å². The molecule has 21 heavy (non-hydrogen) atoms. The molecule has 4 heteroatoms. The van der Waals surface area contributed by atoms with Crippen molar-refractivity contribution in [2.75, 3.05) is 5.32 Å². The average Bonchev–Trinajstić information content (AvgIpc) is 2.49. The van der Waals surface area contributed by atoms with Gasteiger partial charge in [-0.05, 0) is 36.2 Å². The molecule has 0 spiro atoms. The number of anilines is 1. The van der Waals surface area contributed by atoms with Gasteiger partial charge < -0.3 is 10.4 Å². The van der Waals surface area contributed by atoms with Gasteiger partial charge >= 0.3 is 5.97 Å². The maximum atomic E-state index is 12.3. The lowest BCUT2D eigenvalue weighted by Gasteiger charge is -2.15. The van der Waals surface area contributed by atoms with Crippen molar-refractivity contribution in [1.82, 2.24) is 0 Å². The van der Waals surface area contributed by atoms with Crippen LogP contribution in [0.25, 0.3) is 0 Å². The molecule has 0 aromatic heterocycles. The van der Waals surface area contributed by atoms with Crippen molar-refractivity contribution in [3.05, 3.63) is 65.7 Å². The Labute approximate surface area is 123 Å². The molecule has 0 fully saturated rings. The lowest BCUT2D eigenvalue weighted by molar-refractivity contribution is -0.117. The summed E-state index contributed by atoms with van der Waals surface area (Å²) in [5, 5.41) is 11.7. The van der Waals surface area contributed by atoms with Crippen LogP contribution >= 0.6 is 0 Å². The number of carbonyl (C=O) groups is 2. The first-order valence-electron chi connectivity index (χ1n) is 6.81. The van der Waals surface area contributed by atoms with E-state index in [4.69, 9.17) is 5.11 Å². The fraction of sp³-hybridized carbons (Fsp3) is 0.176. The van der Waals surface area contributed by atoms with E-state index < -0.39 is 5.97 Å². The van der Waals surface area contributed by atoms with Crippen LogP contribution in [0.2, 0.25) is 0 Å². The van der Waals surface area contributed by atoms with Gasteiger partial charge in [0.05, 0.1) is 11.5 Å². The average molecular weight is 283 g/mol. The van der Waals surface area contributed by atoms with E-state index >= 15 is 0 Å². The number of amides is 1. The molecule has 2 N–H and O–H groups in total. The molecule has 1 amide bonds. The minimum Gasteiger partial charge on any atom is -0.478 e. The molecule has 0 saturated heterocycles. The maximum Gasteiger partial charge on any atom is 0.335 e. The Kier molecular flexibility index (Phi) is 4.72. The second-order valence-electron chi connectivity index (χ2n) is 4.74. The molecule has 108 valence electrons. The summed E-state index contributed by atoms with van der Waals surface area (Å²) in [5.41, 5.74) is 1.77. The fourth-order valence-corrected chi connectivity index (χ4v) is 2.18. The third kappa shape index (κ3) is 3.69.